The third-order valence-corrected chi connectivity index (χ3v) is 3.00. The molecule has 15 heavy (non-hydrogen) atoms. The number of nitrogens with one attached hydrogen (secondary N) is 1. The lowest BCUT2D eigenvalue weighted by molar-refractivity contribution is -0.118. The Hall–Kier alpha value is -0.620. The van der Waals surface area contributed by atoms with Gasteiger partial charge < -0.3 is 11.1 Å². The molecule has 1 amide bonds. The van der Waals surface area contributed by atoms with Gasteiger partial charge in [-0.1, -0.05) is 0 Å². The summed E-state index contributed by atoms with van der Waals surface area (Å²) in [4.78, 5) is 10.4. The first kappa shape index (κ1) is 14.4. The van der Waals surface area contributed by atoms with Gasteiger partial charge in [-0.15, -0.1) is 0 Å². The molecule has 0 saturated heterocycles. The van der Waals surface area contributed by atoms with Crippen molar-refractivity contribution in [2.45, 2.75) is 32.2 Å². The van der Waals surface area contributed by atoms with Crippen LogP contribution in [0.3, 0.4) is 0 Å². The summed E-state index contributed by atoms with van der Waals surface area (Å²) >= 11 is 0. The van der Waals surface area contributed by atoms with Crippen molar-refractivity contribution >= 4 is 15.7 Å². The number of hydrogen-bond donors (Lipinski definition) is 2. The lowest BCUT2D eigenvalue weighted by Crippen LogP contribution is -2.33. The molecule has 1 unspecified atom stereocenters. The van der Waals surface area contributed by atoms with Crippen LogP contribution in [0, 0.1) is 0 Å². The van der Waals surface area contributed by atoms with Crippen molar-refractivity contribution in [3.05, 3.63) is 0 Å². The van der Waals surface area contributed by atoms with Gasteiger partial charge in [0.15, 0.2) is 0 Å². The summed E-state index contributed by atoms with van der Waals surface area (Å²) in [6.45, 7) is 2.54. The molecule has 0 spiro atoms. The Morgan fingerprint density at radius 1 is 1.40 bits per heavy atom. The molecule has 0 radical (unpaired) electrons. The second-order valence-electron chi connectivity index (χ2n) is 3.87. The fourth-order valence-electron chi connectivity index (χ4n) is 1.29. The number of sulfone groups is 1. The van der Waals surface area contributed by atoms with Crippen molar-refractivity contribution in [2.75, 3.05) is 18.6 Å². The van der Waals surface area contributed by atoms with Crippen LogP contribution in [0.15, 0.2) is 0 Å². The van der Waals surface area contributed by atoms with E-state index in [1.54, 1.807) is 0 Å². The highest BCUT2D eigenvalue weighted by Gasteiger charge is 2.08. The van der Waals surface area contributed by atoms with Gasteiger partial charge in [-0.3, -0.25) is 4.79 Å². The van der Waals surface area contributed by atoms with E-state index in [1.165, 1.54) is 6.26 Å². The average Bonchev–Trinajstić information content (AvgIpc) is 1.99. The van der Waals surface area contributed by atoms with E-state index in [1.807, 2.05) is 6.92 Å². The van der Waals surface area contributed by atoms with Crippen LogP contribution >= 0.6 is 0 Å². The molecule has 0 aromatic heterocycles. The average molecular weight is 236 g/mol. The Bertz CT molecular complexity index is 288. The molecule has 0 aliphatic rings. The lowest BCUT2D eigenvalue weighted by Gasteiger charge is -2.11. The van der Waals surface area contributed by atoms with Gasteiger partial charge in [0.25, 0.3) is 0 Å². The predicted molar refractivity (Wildman–Crippen MR) is 60.2 cm³/mol. The second-order valence-corrected chi connectivity index (χ2v) is 6.06. The monoisotopic (exact) mass is 236 g/mol. The topological polar surface area (TPSA) is 89.3 Å². The second kappa shape index (κ2) is 6.79. The smallest absolute Gasteiger partial charge is 0.217 e. The quantitative estimate of drug-likeness (QED) is 0.564. The maximum absolute atomic E-state index is 10.9. The van der Waals surface area contributed by atoms with Crippen molar-refractivity contribution in [3.63, 3.8) is 0 Å². The summed E-state index contributed by atoms with van der Waals surface area (Å²) in [6, 6.07) is -0.0476. The van der Waals surface area contributed by atoms with E-state index in [0.717, 1.165) is 12.8 Å². The number of hydrogen-bond acceptors (Lipinski definition) is 4. The summed E-state index contributed by atoms with van der Waals surface area (Å²) in [6.07, 6.45) is 3.19. The molecular weight excluding hydrogens is 216 g/mol. The van der Waals surface area contributed by atoms with Crippen LogP contribution in [-0.2, 0) is 14.6 Å². The summed E-state index contributed by atoms with van der Waals surface area (Å²) in [5.41, 5.74) is 4.98. The van der Waals surface area contributed by atoms with Gasteiger partial charge in [0.05, 0.1) is 5.75 Å². The maximum atomic E-state index is 10.9. The van der Waals surface area contributed by atoms with Crippen LogP contribution in [0.1, 0.15) is 26.2 Å². The van der Waals surface area contributed by atoms with Crippen molar-refractivity contribution in [2.24, 2.45) is 5.73 Å². The summed E-state index contributed by atoms with van der Waals surface area (Å²) in [7, 11) is -2.92. The highest BCUT2D eigenvalue weighted by atomic mass is 32.2. The van der Waals surface area contributed by atoms with Gasteiger partial charge in [0.2, 0.25) is 5.91 Å². The molecule has 0 rings (SSSR count). The van der Waals surface area contributed by atoms with E-state index < -0.39 is 9.84 Å². The number of nitrogens with two attached hydrogens (primary N) is 1. The Balaban J connectivity index is 3.47. The molecule has 0 fully saturated rings. The zero-order valence-electron chi connectivity index (χ0n) is 9.32. The minimum Gasteiger partial charge on any atom is -0.370 e. The minimum absolute atomic E-state index is 0.0476. The van der Waals surface area contributed by atoms with Crippen molar-refractivity contribution < 1.29 is 13.2 Å². The standard InChI is InChI=1S/C9H20N2O3S/c1-8(7-15(2,13)14)11-6-4-3-5-9(10)12/h8,11H,3-7H2,1-2H3,(H2,10,12). The van der Waals surface area contributed by atoms with Gasteiger partial charge in [-0.05, 0) is 26.3 Å². The molecule has 3 N–H and O–H groups in total. The van der Waals surface area contributed by atoms with Gasteiger partial charge in [-0.2, -0.15) is 0 Å². The SMILES string of the molecule is CC(CS(C)(=O)=O)NCCCCC(N)=O. The molecule has 6 heteroatoms. The van der Waals surface area contributed by atoms with Gasteiger partial charge >= 0.3 is 0 Å². The van der Waals surface area contributed by atoms with Crippen molar-refractivity contribution in [3.8, 4) is 0 Å². The van der Waals surface area contributed by atoms with Crippen molar-refractivity contribution in [1.29, 1.82) is 0 Å². The molecule has 0 aliphatic carbocycles. The molecule has 0 bridgehead atoms. The third-order valence-electron chi connectivity index (χ3n) is 1.90. The van der Waals surface area contributed by atoms with E-state index in [4.69, 9.17) is 5.73 Å². The van der Waals surface area contributed by atoms with Gasteiger partial charge in [-0.25, -0.2) is 8.42 Å². The Morgan fingerprint density at radius 3 is 2.47 bits per heavy atom. The Labute approximate surface area is 91.3 Å². The first-order chi connectivity index (χ1) is 6.81. The lowest BCUT2D eigenvalue weighted by atomic mass is 10.2. The molecular formula is C9H20N2O3S. The fourth-order valence-corrected chi connectivity index (χ4v) is 2.31. The molecule has 90 valence electrons. The summed E-state index contributed by atoms with van der Waals surface area (Å²) in [5, 5.41) is 3.08. The van der Waals surface area contributed by atoms with E-state index in [0.29, 0.717) is 13.0 Å². The fraction of sp³-hybridized carbons (Fsp3) is 0.889. The molecule has 0 saturated carbocycles. The summed E-state index contributed by atoms with van der Waals surface area (Å²) < 4.78 is 21.8. The number of primary amides is 1. The van der Waals surface area contributed by atoms with Crippen molar-refractivity contribution in [1.82, 2.24) is 5.32 Å². The van der Waals surface area contributed by atoms with Gasteiger partial charge in [0, 0.05) is 18.7 Å². The highest BCUT2D eigenvalue weighted by Crippen LogP contribution is 1.95. The molecule has 0 aliphatic heterocycles. The predicted octanol–water partition coefficient (Wildman–Crippen LogP) is -0.335. The summed E-state index contributed by atoms with van der Waals surface area (Å²) in [5.74, 6) is -0.151. The molecule has 5 nitrogen and oxygen atoms in total. The zero-order chi connectivity index (χ0) is 11.9. The van der Waals surface area contributed by atoms with E-state index in [-0.39, 0.29) is 17.7 Å². The van der Waals surface area contributed by atoms with E-state index >= 15 is 0 Å². The van der Waals surface area contributed by atoms with Crippen LogP contribution in [0.5, 0.6) is 0 Å². The first-order valence-corrected chi connectivity index (χ1v) is 7.06. The maximum Gasteiger partial charge on any atom is 0.217 e. The first-order valence-electron chi connectivity index (χ1n) is 5.00. The zero-order valence-corrected chi connectivity index (χ0v) is 10.1. The van der Waals surface area contributed by atoms with E-state index in [9.17, 15) is 13.2 Å². The Morgan fingerprint density at radius 2 is 2.00 bits per heavy atom. The van der Waals surface area contributed by atoms with Crippen LogP contribution in [0.25, 0.3) is 0 Å². The molecule has 1 atom stereocenters. The molecule has 0 aromatic rings. The molecule has 0 heterocycles. The van der Waals surface area contributed by atoms with Gasteiger partial charge in [0.1, 0.15) is 9.84 Å². The third kappa shape index (κ3) is 11.3. The molecule has 0 aromatic carbocycles. The number of unbranched alkanes of at least 4 members (excludes halogenated alkanes) is 1. The largest absolute Gasteiger partial charge is 0.370 e. The van der Waals surface area contributed by atoms with Crippen LogP contribution in [0.4, 0.5) is 0 Å². The van der Waals surface area contributed by atoms with Crippen LogP contribution < -0.4 is 11.1 Å². The number of carbonyl (C=O) groups excluding carboxylic acids is 1. The number of amides is 1. The highest BCUT2D eigenvalue weighted by molar-refractivity contribution is 7.90. The number of carbonyl (C=O) groups is 1. The normalized spacial score (nSPS) is 13.7. The van der Waals surface area contributed by atoms with E-state index in [2.05, 4.69) is 5.32 Å². The minimum atomic E-state index is -2.92. The number of rotatable bonds is 8. The van der Waals surface area contributed by atoms with Crippen LogP contribution in [-0.4, -0.2) is 38.9 Å². The van der Waals surface area contributed by atoms with Crippen LogP contribution in [0.2, 0.25) is 0 Å². The Kier molecular flexibility index (Phi) is 6.51.